The summed E-state index contributed by atoms with van der Waals surface area (Å²) in [4.78, 5) is 21.0. The van der Waals surface area contributed by atoms with Gasteiger partial charge in [-0.05, 0) is 18.2 Å². The minimum absolute atomic E-state index is 0.271. The fourth-order valence-electron chi connectivity index (χ4n) is 2.70. The topological polar surface area (TPSA) is 103 Å². The second-order valence-corrected chi connectivity index (χ2v) is 6.28. The molecule has 1 amide bonds. The molecule has 148 valence electrons. The van der Waals surface area contributed by atoms with Gasteiger partial charge in [0.15, 0.2) is 5.65 Å². The van der Waals surface area contributed by atoms with Crippen LogP contribution in [0.1, 0.15) is 10.4 Å². The quantitative estimate of drug-likeness (QED) is 0.525. The van der Waals surface area contributed by atoms with Gasteiger partial charge in [-0.2, -0.15) is 5.10 Å². The molecule has 1 aromatic carbocycles. The Morgan fingerprint density at radius 3 is 2.89 bits per heavy atom. The van der Waals surface area contributed by atoms with Gasteiger partial charge in [-0.15, -0.1) is 0 Å². The summed E-state index contributed by atoms with van der Waals surface area (Å²) in [6, 6.07) is 4.91. The van der Waals surface area contributed by atoms with Crippen LogP contribution in [0.25, 0.3) is 11.0 Å². The molecule has 2 aromatic heterocycles. The third kappa shape index (κ3) is 4.49. The molecule has 0 radical (unpaired) electrons. The second-order valence-electron chi connectivity index (χ2n) is 5.85. The van der Waals surface area contributed by atoms with Gasteiger partial charge in [0.2, 0.25) is 0 Å². The number of fused-ring (bicyclic) bond motifs is 1. The SMILES string of the molecule is COCCNc1ncnc2c1cnn2CCNC(=O)c1cc(Cl)ccc1OC. The van der Waals surface area contributed by atoms with Crippen molar-refractivity contribution in [2.45, 2.75) is 6.54 Å². The lowest BCUT2D eigenvalue weighted by Gasteiger charge is -2.10. The van der Waals surface area contributed by atoms with E-state index in [-0.39, 0.29) is 5.91 Å². The number of nitrogens with zero attached hydrogens (tertiary/aromatic N) is 4. The van der Waals surface area contributed by atoms with Crippen molar-refractivity contribution in [1.29, 1.82) is 0 Å². The molecule has 10 heteroatoms. The van der Waals surface area contributed by atoms with Crippen LogP contribution in [-0.2, 0) is 11.3 Å². The third-order valence-corrected chi connectivity index (χ3v) is 4.28. The van der Waals surface area contributed by atoms with Gasteiger partial charge in [-0.1, -0.05) is 11.6 Å². The van der Waals surface area contributed by atoms with Crippen LogP contribution in [0, 0.1) is 0 Å². The Kier molecular flexibility index (Phi) is 6.62. The Bertz CT molecular complexity index is 962. The summed E-state index contributed by atoms with van der Waals surface area (Å²) in [7, 11) is 3.15. The molecule has 9 nitrogen and oxygen atoms in total. The number of benzene rings is 1. The van der Waals surface area contributed by atoms with Crippen molar-refractivity contribution in [3.05, 3.63) is 41.3 Å². The van der Waals surface area contributed by atoms with E-state index in [4.69, 9.17) is 21.1 Å². The van der Waals surface area contributed by atoms with Crippen LogP contribution >= 0.6 is 11.6 Å². The molecule has 0 bridgehead atoms. The molecule has 0 aliphatic rings. The zero-order valence-corrected chi connectivity index (χ0v) is 16.4. The van der Waals surface area contributed by atoms with E-state index in [1.807, 2.05) is 0 Å². The summed E-state index contributed by atoms with van der Waals surface area (Å²) in [6.45, 7) is 2.01. The van der Waals surface area contributed by atoms with Crippen LogP contribution in [0.4, 0.5) is 5.82 Å². The lowest BCUT2D eigenvalue weighted by Crippen LogP contribution is -2.28. The van der Waals surface area contributed by atoms with Gasteiger partial charge in [-0.25, -0.2) is 14.6 Å². The molecule has 0 atom stereocenters. The summed E-state index contributed by atoms with van der Waals surface area (Å²) in [5.41, 5.74) is 1.07. The van der Waals surface area contributed by atoms with E-state index in [9.17, 15) is 4.79 Å². The third-order valence-electron chi connectivity index (χ3n) is 4.05. The van der Waals surface area contributed by atoms with Crippen molar-refractivity contribution < 1.29 is 14.3 Å². The average molecular weight is 405 g/mol. The van der Waals surface area contributed by atoms with Gasteiger partial charge in [0.25, 0.3) is 5.91 Å². The molecular weight excluding hydrogens is 384 g/mol. The molecule has 0 aliphatic heterocycles. The van der Waals surface area contributed by atoms with Crippen LogP contribution in [0.2, 0.25) is 5.02 Å². The Hall–Kier alpha value is -2.91. The van der Waals surface area contributed by atoms with E-state index in [0.717, 1.165) is 5.39 Å². The number of halogens is 1. The van der Waals surface area contributed by atoms with Crippen LogP contribution in [0.15, 0.2) is 30.7 Å². The molecule has 0 spiro atoms. The molecule has 3 rings (SSSR count). The predicted octanol–water partition coefficient (Wildman–Crippen LogP) is 1.98. The van der Waals surface area contributed by atoms with Gasteiger partial charge in [0, 0.05) is 25.2 Å². The van der Waals surface area contributed by atoms with Gasteiger partial charge in [0.1, 0.15) is 17.9 Å². The van der Waals surface area contributed by atoms with Crippen LogP contribution < -0.4 is 15.4 Å². The maximum atomic E-state index is 12.4. The molecule has 2 N–H and O–H groups in total. The lowest BCUT2D eigenvalue weighted by atomic mass is 10.2. The number of hydrogen-bond acceptors (Lipinski definition) is 7. The van der Waals surface area contributed by atoms with Gasteiger partial charge >= 0.3 is 0 Å². The molecule has 28 heavy (non-hydrogen) atoms. The standard InChI is InChI=1S/C18H21ClN6O3/c1-27-8-6-20-16-14-10-24-25(17(14)23-11-22-16)7-5-21-18(26)13-9-12(19)3-4-15(13)28-2/h3-4,9-11H,5-8H2,1-2H3,(H,21,26)(H,20,22,23). The van der Waals surface area contributed by atoms with Crippen molar-refractivity contribution in [2.75, 3.05) is 39.2 Å². The number of aromatic nitrogens is 4. The van der Waals surface area contributed by atoms with E-state index >= 15 is 0 Å². The highest BCUT2D eigenvalue weighted by molar-refractivity contribution is 6.31. The Balaban J connectivity index is 1.65. The van der Waals surface area contributed by atoms with E-state index in [1.54, 1.807) is 36.2 Å². The first kappa shape index (κ1) is 19.8. The van der Waals surface area contributed by atoms with Crippen LogP contribution in [-0.4, -0.2) is 59.6 Å². The predicted molar refractivity (Wildman–Crippen MR) is 106 cm³/mol. The largest absolute Gasteiger partial charge is 0.496 e. The monoisotopic (exact) mass is 404 g/mol. The lowest BCUT2D eigenvalue weighted by molar-refractivity contribution is 0.0949. The van der Waals surface area contributed by atoms with Crippen molar-refractivity contribution in [3.8, 4) is 5.75 Å². The number of amides is 1. The first-order valence-electron chi connectivity index (χ1n) is 8.65. The second kappa shape index (κ2) is 9.34. The Labute approximate surface area is 167 Å². The van der Waals surface area contributed by atoms with Gasteiger partial charge < -0.3 is 20.1 Å². The van der Waals surface area contributed by atoms with E-state index in [2.05, 4.69) is 25.7 Å². The summed E-state index contributed by atoms with van der Waals surface area (Å²) >= 11 is 5.98. The number of anilines is 1. The number of ether oxygens (including phenoxy) is 2. The maximum Gasteiger partial charge on any atom is 0.255 e. The molecule has 2 heterocycles. The van der Waals surface area contributed by atoms with Crippen molar-refractivity contribution in [1.82, 2.24) is 25.1 Å². The number of carbonyl (C=O) groups excluding carboxylic acids is 1. The first-order valence-corrected chi connectivity index (χ1v) is 9.03. The van der Waals surface area contributed by atoms with Crippen LogP contribution in [0.3, 0.4) is 0 Å². The number of rotatable bonds is 9. The Morgan fingerprint density at radius 2 is 2.11 bits per heavy atom. The van der Waals surface area contributed by atoms with E-state index in [0.29, 0.717) is 54.0 Å². The highest BCUT2D eigenvalue weighted by Crippen LogP contribution is 2.22. The zero-order valence-electron chi connectivity index (χ0n) is 15.6. The minimum Gasteiger partial charge on any atom is -0.496 e. The first-order chi connectivity index (χ1) is 13.6. The zero-order chi connectivity index (χ0) is 19.9. The fourth-order valence-corrected chi connectivity index (χ4v) is 2.87. The van der Waals surface area contributed by atoms with Crippen molar-refractivity contribution >= 4 is 34.4 Å². The summed E-state index contributed by atoms with van der Waals surface area (Å²) in [5, 5.41) is 11.7. The summed E-state index contributed by atoms with van der Waals surface area (Å²) < 4.78 is 12.0. The molecule has 0 saturated heterocycles. The number of nitrogens with one attached hydrogen (secondary N) is 2. The number of methoxy groups -OCH3 is 2. The van der Waals surface area contributed by atoms with Gasteiger partial charge in [0.05, 0.1) is 37.4 Å². The number of hydrogen-bond donors (Lipinski definition) is 2. The molecule has 0 aliphatic carbocycles. The molecular formula is C18H21ClN6O3. The van der Waals surface area contributed by atoms with E-state index in [1.165, 1.54) is 13.4 Å². The highest BCUT2D eigenvalue weighted by Gasteiger charge is 2.13. The fraction of sp³-hybridized carbons (Fsp3) is 0.333. The van der Waals surface area contributed by atoms with Gasteiger partial charge in [-0.3, -0.25) is 4.79 Å². The summed E-state index contributed by atoms with van der Waals surface area (Å²) in [6.07, 6.45) is 3.18. The van der Waals surface area contributed by atoms with Crippen molar-refractivity contribution in [3.63, 3.8) is 0 Å². The molecule has 3 aromatic rings. The molecule has 0 saturated carbocycles. The average Bonchev–Trinajstić information content (AvgIpc) is 3.12. The van der Waals surface area contributed by atoms with Crippen LogP contribution in [0.5, 0.6) is 5.75 Å². The number of carbonyl (C=O) groups is 1. The van der Waals surface area contributed by atoms with E-state index < -0.39 is 0 Å². The normalized spacial score (nSPS) is 10.8. The highest BCUT2D eigenvalue weighted by atomic mass is 35.5. The Morgan fingerprint density at radius 1 is 1.25 bits per heavy atom. The smallest absolute Gasteiger partial charge is 0.255 e. The summed E-state index contributed by atoms with van der Waals surface area (Å²) in [5.74, 6) is 0.888. The molecule has 0 fully saturated rings. The minimum atomic E-state index is -0.271. The maximum absolute atomic E-state index is 12.4. The molecule has 0 unspecified atom stereocenters. The van der Waals surface area contributed by atoms with Crippen molar-refractivity contribution in [2.24, 2.45) is 0 Å².